The molecule has 0 fully saturated rings. The van der Waals surface area contributed by atoms with E-state index in [9.17, 15) is 12.6 Å². The molecule has 8 heteroatoms. The van der Waals surface area contributed by atoms with Gasteiger partial charge in [-0.2, -0.15) is 0 Å². The fourth-order valence-electron chi connectivity index (χ4n) is 2.91. The van der Waals surface area contributed by atoms with Gasteiger partial charge in [-0.05, 0) is 29.8 Å². The van der Waals surface area contributed by atoms with Crippen molar-refractivity contribution in [1.29, 1.82) is 0 Å². The zero-order valence-corrected chi connectivity index (χ0v) is 16.7. The minimum atomic E-state index is -3.82. The number of aromatic nitrogens is 1. The van der Waals surface area contributed by atoms with Gasteiger partial charge in [0.2, 0.25) is 15.1 Å². The second-order valence-electron chi connectivity index (χ2n) is 6.21. The largest absolute Gasteiger partial charge is 0.346 e. The molecule has 29 heavy (non-hydrogen) atoms. The lowest BCUT2D eigenvalue weighted by Gasteiger charge is -2.06. The summed E-state index contributed by atoms with van der Waals surface area (Å²) in [7, 11) is -5.43. The first-order valence-electron chi connectivity index (χ1n) is 8.60. The summed E-state index contributed by atoms with van der Waals surface area (Å²) >= 11 is 0. The van der Waals surface area contributed by atoms with Crippen LogP contribution in [0, 0.1) is 0 Å². The Balaban J connectivity index is 1.90. The van der Waals surface area contributed by atoms with E-state index in [0.717, 1.165) is 5.56 Å². The average Bonchev–Trinajstić information content (AvgIpc) is 3.19. The molecular formula is C21H16N2O4S2. The quantitative estimate of drug-likeness (QED) is 0.524. The molecule has 3 aromatic carbocycles. The molecule has 1 atom stereocenters. The number of hydrogen-bond acceptors (Lipinski definition) is 5. The van der Waals surface area contributed by atoms with Crippen LogP contribution in [0.15, 0.2) is 104 Å². The van der Waals surface area contributed by atoms with E-state index in [4.69, 9.17) is 9.66 Å². The first-order valence-corrected chi connectivity index (χ1v) is 11.3. The van der Waals surface area contributed by atoms with Crippen molar-refractivity contribution in [1.82, 2.24) is 5.16 Å². The Morgan fingerprint density at radius 1 is 0.793 bits per heavy atom. The molecule has 1 unspecified atom stereocenters. The van der Waals surface area contributed by atoms with E-state index in [-0.39, 0.29) is 9.99 Å². The lowest BCUT2D eigenvalue weighted by Crippen LogP contribution is -2.11. The van der Waals surface area contributed by atoms with Crippen LogP contribution in [-0.4, -0.2) is 17.8 Å². The number of nitrogens with two attached hydrogens (primary N) is 1. The van der Waals surface area contributed by atoms with Gasteiger partial charge in [0.05, 0.1) is 10.5 Å². The van der Waals surface area contributed by atoms with Crippen LogP contribution in [0.4, 0.5) is 0 Å². The zero-order valence-electron chi connectivity index (χ0n) is 15.1. The molecule has 0 bridgehead atoms. The minimum Gasteiger partial charge on any atom is -0.346 e. The Morgan fingerprint density at radius 2 is 1.38 bits per heavy atom. The predicted octanol–water partition coefficient (Wildman–Crippen LogP) is 3.82. The highest BCUT2D eigenvalue weighted by Gasteiger charge is 2.25. The van der Waals surface area contributed by atoms with E-state index in [1.807, 2.05) is 36.4 Å². The third-order valence-corrected chi connectivity index (χ3v) is 6.55. The summed E-state index contributed by atoms with van der Waals surface area (Å²) in [5, 5.41) is 9.56. The van der Waals surface area contributed by atoms with Crippen LogP contribution < -0.4 is 5.14 Å². The van der Waals surface area contributed by atoms with Gasteiger partial charge >= 0.3 is 0 Å². The summed E-state index contributed by atoms with van der Waals surface area (Å²) in [4.78, 5) is 0.565. The van der Waals surface area contributed by atoms with Crippen molar-refractivity contribution in [2.75, 3.05) is 0 Å². The Hall–Kier alpha value is -3.07. The molecule has 0 aliphatic rings. The Labute approximate surface area is 170 Å². The van der Waals surface area contributed by atoms with Gasteiger partial charge < -0.3 is 4.52 Å². The normalized spacial score (nSPS) is 12.6. The van der Waals surface area contributed by atoms with Crippen molar-refractivity contribution in [2.45, 2.75) is 14.9 Å². The maximum absolute atomic E-state index is 13.2. The van der Waals surface area contributed by atoms with Gasteiger partial charge in [-0.15, -0.1) is 0 Å². The third kappa shape index (κ3) is 3.91. The number of hydrogen-bond donors (Lipinski definition) is 1. The molecule has 6 nitrogen and oxygen atoms in total. The highest BCUT2D eigenvalue weighted by molar-refractivity contribution is 7.89. The monoisotopic (exact) mass is 424 g/mol. The molecule has 0 aliphatic heterocycles. The van der Waals surface area contributed by atoms with E-state index in [2.05, 4.69) is 5.16 Å². The molecule has 2 N–H and O–H groups in total. The maximum Gasteiger partial charge on any atom is 0.238 e. The molecule has 0 saturated carbocycles. The van der Waals surface area contributed by atoms with Crippen LogP contribution >= 0.6 is 0 Å². The maximum atomic E-state index is 13.2. The van der Waals surface area contributed by atoms with Crippen molar-refractivity contribution in [3.05, 3.63) is 84.9 Å². The fourth-order valence-corrected chi connectivity index (χ4v) is 4.55. The summed E-state index contributed by atoms with van der Waals surface area (Å²) in [5.74, 6) is 0. The van der Waals surface area contributed by atoms with E-state index >= 15 is 0 Å². The van der Waals surface area contributed by atoms with Crippen molar-refractivity contribution in [3.63, 3.8) is 0 Å². The molecule has 0 spiro atoms. The second-order valence-corrected chi connectivity index (χ2v) is 9.15. The van der Waals surface area contributed by atoms with Crippen molar-refractivity contribution >= 4 is 20.8 Å². The summed E-state index contributed by atoms with van der Waals surface area (Å²) in [5.41, 5.74) is 2.47. The number of primary sulfonamides is 1. The predicted molar refractivity (Wildman–Crippen MR) is 110 cm³/mol. The molecule has 4 rings (SSSR count). The first kappa shape index (κ1) is 19.3. The zero-order chi connectivity index (χ0) is 20.4. The minimum absolute atomic E-state index is 0.00954. The molecule has 0 radical (unpaired) electrons. The summed E-state index contributed by atoms with van der Waals surface area (Å²) in [6.45, 7) is 0. The van der Waals surface area contributed by atoms with E-state index < -0.39 is 20.8 Å². The van der Waals surface area contributed by atoms with Gasteiger partial charge in [-0.3, -0.25) is 0 Å². The molecule has 4 aromatic rings. The van der Waals surface area contributed by atoms with Crippen molar-refractivity contribution < 1.29 is 17.1 Å². The lowest BCUT2D eigenvalue weighted by atomic mass is 10.0. The summed E-state index contributed by atoms with van der Waals surface area (Å²) in [6, 6.07) is 24.3. The van der Waals surface area contributed by atoms with Gasteiger partial charge in [0, 0.05) is 10.5 Å². The summed E-state index contributed by atoms with van der Waals surface area (Å²) in [6.07, 6.45) is 0. The van der Waals surface area contributed by atoms with Gasteiger partial charge in [0.25, 0.3) is 0 Å². The van der Waals surface area contributed by atoms with Crippen LogP contribution in [0.1, 0.15) is 0 Å². The molecule has 146 valence electrons. The highest BCUT2D eigenvalue weighted by atomic mass is 32.2. The molecule has 1 heterocycles. The lowest BCUT2D eigenvalue weighted by molar-refractivity contribution is 0.348. The smallest absolute Gasteiger partial charge is 0.238 e. The molecule has 0 amide bonds. The Kier molecular flexibility index (Phi) is 5.14. The number of benzene rings is 3. The second kappa shape index (κ2) is 7.75. The van der Waals surface area contributed by atoms with Crippen LogP contribution in [0.2, 0.25) is 0 Å². The van der Waals surface area contributed by atoms with Crippen LogP contribution in [-0.2, 0) is 20.8 Å². The van der Waals surface area contributed by atoms with Gasteiger partial charge in [-0.1, -0.05) is 65.8 Å². The van der Waals surface area contributed by atoms with E-state index in [0.29, 0.717) is 21.7 Å². The van der Waals surface area contributed by atoms with Crippen LogP contribution in [0.25, 0.3) is 22.4 Å². The Bertz CT molecular complexity index is 1270. The van der Waals surface area contributed by atoms with Crippen LogP contribution in [0.5, 0.6) is 0 Å². The van der Waals surface area contributed by atoms with Crippen molar-refractivity contribution in [2.24, 2.45) is 5.14 Å². The topological polar surface area (TPSA) is 103 Å². The van der Waals surface area contributed by atoms with Gasteiger partial charge in [0.15, 0.2) is 0 Å². The summed E-state index contributed by atoms with van der Waals surface area (Å²) < 4.78 is 41.9. The van der Waals surface area contributed by atoms with E-state index in [1.54, 1.807) is 36.4 Å². The highest BCUT2D eigenvalue weighted by Crippen LogP contribution is 2.38. The van der Waals surface area contributed by atoms with E-state index in [1.165, 1.54) is 12.1 Å². The molecule has 1 aromatic heterocycles. The fraction of sp³-hybridized carbons (Fsp3) is 0. The SMILES string of the molecule is NS(=O)(=O)c1ccc(-c2c(-c3ccccc3)noc2S(=O)c2ccccc2)cc1. The standard InChI is InChI=1S/C21H16N2O4S2/c22-29(25,26)18-13-11-15(12-14-18)19-20(16-7-3-1-4-8-16)23-27-21(19)28(24)17-9-5-2-6-10-17/h1-14H,(H2,22,25,26). The number of rotatable bonds is 5. The number of sulfonamides is 1. The van der Waals surface area contributed by atoms with Gasteiger partial charge in [-0.25, -0.2) is 17.8 Å². The first-order chi connectivity index (χ1) is 13.9. The van der Waals surface area contributed by atoms with Crippen molar-refractivity contribution in [3.8, 4) is 22.4 Å². The molecular weight excluding hydrogens is 408 g/mol. The molecule has 0 saturated heterocycles. The average molecular weight is 425 g/mol. The number of nitrogens with zero attached hydrogens (tertiary/aromatic N) is 1. The Morgan fingerprint density at radius 3 is 1.97 bits per heavy atom. The van der Waals surface area contributed by atoms with Crippen LogP contribution in [0.3, 0.4) is 0 Å². The van der Waals surface area contributed by atoms with Gasteiger partial charge in [0.1, 0.15) is 16.5 Å². The molecule has 0 aliphatic carbocycles. The third-order valence-electron chi connectivity index (χ3n) is 4.31.